The number of esters is 3. The Balaban J connectivity index is 4.54. The van der Waals surface area contributed by atoms with E-state index in [9.17, 15) is 14.4 Å². The molecule has 0 fully saturated rings. The highest BCUT2D eigenvalue weighted by Crippen LogP contribution is 2.13. The summed E-state index contributed by atoms with van der Waals surface area (Å²) < 4.78 is 16.7. The summed E-state index contributed by atoms with van der Waals surface area (Å²) in [5.41, 5.74) is 0. The third kappa shape index (κ3) is 45.2. The Labute approximate surface area is 368 Å². The molecule has 0 N–H and O–H groups in total. The van der Waals surface area contributed by atoms with E-state index >= 15 is 0 Å². The Hall–Kier alpha value is -3.93. The van der Waals surface area contributed by atoms with Crippen LogP contribution < -0.4 is 0 Å². The lowest BCUT2D eigenvalue weighted by Gasteiger charge is -2.18. The molecule has 0 aromatic heterocycles. The van der Waals surface area contributed by atoms with Crippen LogP contribution in [0.2, 0.25) is 0 Å². The van der Waals surface area contributed by atoms with E-state index in [2.05, 4.69) is 75.5 Å². The molecule has 1 atom stereocenters. The maximum absolute atomic E-state index is 12.7. The maximum Gasteiger partial charge on any atom is 0.306 e. The topological polar surface area (TPSA) is 78.9 Å². The van der Waals surface area contributed by atoms with E-state index in [-0.39, 0.29) is 44.0 Å². The Kier molecular flexibility index (Phi) is 44.6. The number of rotatable bonds is 41. The summed E-state index contributed by atoms with van der Waals surface area (Å²) >= 11 is 0. The first kappa shape index (κ1) is 56.1. The van der Waals surface area contributed by atoms with Crippen molar-refractivity contribution in [2.24, 2.45) is 0 Å². The lowest BCUT2D eigenvalue weighted by Crippen LogP contribution is -2.30. The largest absolute Gasteiger partial charge is 0.462 e. The van der Waals surface area contributed by atoms with E-state index in [1.54, 1.807) is 0 Å². The maximum atomic E-state index is 12.7. The van der Waals surface area contributed by atoms with Gasteiger partial charge in [-0.25, -0.2) is 0 Å². The Bertz CT molecular complexity index is 1280. The summed E-state index contributed by atoms with van der Waals surface area (Å²) in [6.07, 6.45) is 63.6. The van der Waals surface area contributed by atoms with Gasteiger partial charge in [0, 0.05) is 19.3 Å². The Morgan fingerprint density at radius 3 is 1.28 bits per heavy atom. The first-order valence-electron chi connectivity index (χ1n) is 24.0. The van der Waals surface area contributed by atoms with Crippen LogP contribution in [0.1, 0.15) is 194 Å². The molecule has 0 spiro atoms. The van der Waals surface area contributed by atoms with Gasteiger partial charge in [-0.05, 0) is 89.9 Å². The van der Waals surface area contributed by atoms with Crippen molar-refractivity contribution in [1.82, 2.24) is 0 Å². The minimum absolute atomic E-state index is 0.114. The molecule has 0 rings (SSSR count). The van der Waals surface area contributed by atoms with Crippen molar-refractivity contribution >= 4 is 17.9 Å². The van der Waals surface area contributed by atoms with Crippen molar-refractivity contribution in [3.63, 3.8) is 0 Å². The van der Waals surface area contributed by atoms with Crippen LogP contribution in [0.4, 0.5) is 0 Å². The van der Waals surface area contributed by atoms with Crippen molar-refractivity contribution < 1.29 is 28.6 Å². The van der Waals surface area contributed by atoms with Crippen LogP contribution in [-0.2, 0) is 28.6 Å². The van der Waals surface area contributed by atoms with Gasteiger partial charge >= 0.3 is 17.9 Å². The second kappa shape index (κ2) is 47.7. The predicted molar refractivity (Wildman–Crippen MR) is 256 cm³/mol. The summed E-state index contributed by atoms with van der Waals surface area (Å²) in [4.78, 5) is 37.8. The van der Waals surface area contributed by atoms with Crippen molar-refractivity contribution in [2.75, 3.05) is 13.2 Å². The smallest absolute Gasteiger partial charge is 0.306 e. The average molecular weight is 831 g/mol. The molecular weight excluding hydrogens is 745 g/mol. The molecule has 6 nitrogen and oxygen atoms in total. The van der Waals surface area contributed by atoms with Crippen molar-refractivity contribution in [2.45, 2.75) is 200 Å². The van der Waals surface area contributed by atoms with Gasteiger partial charge in [0.05, 0.1) is 0 Å². The fourth-order valence-electron chi connectivity index (χ4n) is 6.07. The number of carbonyl (C=O) groups is 3. The number of ether oxygens (including phenoxy) is 3. The Morgan fingerprint density at radius 1 is 0.367 bits per heavy atom. The summed E-state index contributed by atoms with van der Waals surface area (Å²) in [5, 5.41) is 0. The van der Waals surface area contributed by atoms with Gasteiger partial charge in [-0.3, -0.25) is 14.4 Å². The lowest BCUT2D eigenvalue weighted by molar-refractivity contribution is -0.167. The molecule has 0 radical (unpaired) electrons. The molecule has 1 unspecified atom stereocenters. The van der Waals surface area contributed by atoms with Gasteiger partial charge < -0.3 is 14.2 Å². The molecule has 0 heterocycles. The van der Waals surface area contributed by atoms with E-state index < -0.39 is 6.10 Å². The highest BCUT2D eigenvalue weighted by molar-refractivity contribution is 5.71. The highest BCUT2D eigenvalue weighted by atomic mass is 16.6. The van der Waals surface area contributed by atoms with Gasteiger partial charge in [-0.1, -0.05) is 194 Å². The summed E-state index contributed by atoms with van der Waals surface area (Å²) in [6, 6.07) is 0. The first-order valence-corrected chi connectivity index (χ1v) is 24.0. The predicted octanol–water partition coefficient (Wildman–Crippen LogP) is 15.6. The van der Waals surface area contributed by atoms with Crippen LogP contribution in [0, 0.1) is 0 Å². The number of hydrogen-bond acceptors (Lipinski definition) is 6. The van der Waals surface area contributed by atoms with Gasteiger partial charge in [0.1, 0.15) is 13.2 Å². The number of allylic oxidation sites excluding steroid dienone is 18. The Morgan fingerprint density at radius 2 is 0.750 bits per heavy atom. The molecular formula is C54H86O6. The fraction of sp³-hybridized carbons (Fsp3) is 0.611. The average Bonchev–Trinajstić information content (AvgIpc) is 3.24. The monoisotopic (exact) mass is 831 g/mol. The SMILES string of the molecule is CC\C=C/C=C\C=C/C=C\C=C/CCCC(=O)OCC(COC(=O)CCCCCCCCC/C=C\CCCCCC)OC(=O)CCCCCC/C=C\C/C=C\C/C=C\CC. The molecule has 0 aliphatic rings. The zero-order valence-corrected chi connectivity index (χ0v) is 38.4. The van der Waals surface area contributed by atoms with Crippen LogP contribution in [-0.4, -0.2) is 37.2 Å². The van der Waals surface area contributed by atoms with Crippen molar-refractivity contribution in [3.8, 4) is 0 Å². The zero-order chi connectivity index (χ0) is 43.7. The van der Waals surface area contributed by atoms with Crippen LogP contribution >= 0.6 is 0 Å². The molecule has 0 amide bonds. The molecule has 0 aromatic rings. The molecule has 0 aliphatic carbocycles. The number of carbonyl (C=O) groups excluding carboxylic acids is 3. The number of unbranched alkanes of at least 4 members (excludes halogenated alkanes) is 16. The van der Waals surface area contributed by atoms with Crippen molar-refractivity contribution in [3.05, 3.63) is 109 Å². The van der Waals surface area contributed by atoms with E-state index in [4.69, 9.17) is 14.2 Å². The second-order valence-electron chi connectivity index (χ2n) is 15.4. The lowest BCUT2D eigenvalue weighted by atomic mass is 10.1. The van der Waals surface area contributed by atoms with Gasteiger partial charge in [-0.2, -0.15) is 0 Å². The van der Waals surface area contributed by atoms with Gasteiger partial charge in [0.15, 0.2) is 6.10 Å². The second-order valence-corrected chi connectivity index (χ2v) is 15.4. The molecule has 338 valence electrons. The molecule has 0 saturated heterocycles. The van der Waals surface area contributed by atoms with E-state index in [1.165, 1.54) is 64.2 Å². The van der Waals surface area contributed by atoms with Gasteiger partial charge in [0.25, 0.3) is 0 Å². The molecule has 6 heteroatoms. The van der Waals surface area contributed by atoms with E-state index in [0.29, 0.717) is 12.8 Å². The summed E-state index contributed by atoms with van der Waals surface area (Å²) in [5.74, 6) is -1.03. The van der Waals surface area contributed by atoms with E-state index in [0.717, 1.165) is 83.5 Å². The van der Waals surface area contributed by atoms with Crippen LogP contribution in [0.25, 0.3) is 0 Å². The van der Waals surface area contributed by atoms with Crippen molar-refractivity contribution in [1.29, 1.82) is 0 Å². The standard InChI is InChI=1S/C54H86O6/c1-4-7-10-13-16-19-22-25-27-30-32-35-38-41-44-47-53(56)59-50-51(49-58-52(55)46-43-40-37-34-31-28-24-21-18-15-12-9-6-3)60-54(57)48-45-42-39-36-33-29-26-23-20-17-14-11-8-5-2/h8-9,11-12,15,17-22,24,26,28-29,31,34,37,51H,4-7,10,13-14,16,23,25,27,30,32-33,35-36,38-50H2,1-3H3/b11-8-,12-9-,18-15-,20-17-,22-19-,24-21-,29-26-,31-28-,37-34-. The van der Waals surface area contributed by atoms with Crippen LogP contribution in [0.3, 0.4) is 0 Å². The molecule has 0 bridgehead atoms. The van der Waals surface area contributed by atoms with Crippen LogP contribution in [0.15, 0.2) is 109 Å². The minimum Gasteiger partial charge on any atom is -0.462 e. The molecule has 0 aliphatic heterocycles. The number of hydrogen-bond donors (Lipinski definition) is 0. The van der Waals surface area contributed by atoms with E-state index in [1.807, 2.05) is 54.7 Å². The normalized spacial score (nSPS) is 13.1. The first-order chi connectivity index (χ1) is 29.5. The fourth-order valence-corrected chi connectivity index (χ4v) is 6.07. The molecule has 60 heavy (non-hydrogen) atoms. The van der Waals surface area contributed by atoms with Crippen LogP contribution in [0.5, 0.6) is 0 Å². The minimum atomic E-state index is -0.821. The summed E-state index contributed by atoms with van der Waals surface area (Å²) in [7, 11) is 0. The third-order valence-corrected chi connectivity index (χ3v) is 9.62. The van der Waals surface area contributed by atoms with Gasteiger partial charge in [-0.15, -0.1) is 0 Å². The summed E-state index contributed by atoms with van der Waals surface area (Å²) in [6.45, 7) is 6.26. The van der Waals surface area contributed by atoms with Gasteiger partial charge in [0.2, 0.25) is 0 Å². The highest BCUT2D eigenvalue weighted by Gasteiger charge is 2.19. The molecule has 0 saturated carbocycles. The molecule has 0 aromatic carbocycles. The zero-order valence-electron chi connectivity index (χ0n) is 38.4. The quantitative estimate of drug-likeness (QED) is 0.0201. The third-order valence-electron chi connectivity index (χ3n) is 9.62.